The minimum absolute atomic E-state index is 0.0753. The van der Waals surface area contributed by atoms with E-state index in [9.17, 15) is 9.59 Å². The molecule has 1 atom stereocenters. The highest BCUT2D eigenvalue weighted by Gasteiger charge is 2.41. The third-order valence-electron chi connectivity index (χ3n) is 5.29. The first-order chi connectivity index (χ1) is 12.8. The molecule has 1 saturated heterocycles. The van der Waals surface area contributed by atoms with Gasteiger partial charge in [-0.25, -0.2) is 4.79 Å². The molecule has 1 heterocycles. The number of rotatable bonds is 4. The van der Waals surface area contributed by atoms with Crippen LogP contribution in [0.1, 0.15) is 64.0 Å². The molecule has 148 valence electrons. The Kier molecular flexibility index (Phi) is 5.78. The van der Waals surface area contributed by atoms with Crippen LogP contribution < -0.4 is 0 Å². The number of piperidine rings is 1. The maximum Gasteiger partial charge on any atom is 0.410 e. The van der Waals surface area contributed by atoms with Gasteiger partial charge < -0.3 is 9.64 Å². The van der Waals surface area contributed by atoms with Crippen molar-refractivity contribution in [3.63, 3.8) is 0 Å². The first kappa shape index (κ1) is 19.7. The molecule has 0 radical (unpaired) electrons. The predicted molar refractivity (Wildman–Crippen MR) is 105 cm³/mol. The van der Waals surface area contributed by atoms with Gasteiger partial charge in [0.1, 0.15) is 11.6 Å². The maximum absolute atomic E-state index is 13.5. The zero-order valence-electron chi connectivity index (χ0n) is 17.0. The summed E-state index contributed by atoms with van der Waals surface area (Å²) in [6, 6.07) is 8.11. The van der Waals surface area contributed by atoms with Crippen LogP contribution in [-0.2, 0) is 16.1 Å². The van der Waals surface area contributed by atoms with Crippen molar-refractivity contribution in [2.75, 3.05) is 6.54 Å². The van der Waals surface area contributed by atoms with E-state index in [1.54, 1.807) is 4.90 Å². The minimum atomic E-state index is -0.556. The molecule has 1 aliphatic carbocycles. The second-order valence-corrected chi connectivity index (χ2v) is 8.81. The number of carbonyl (C=O) groups excluding carboxylic acids is 2. The topological polar surface area (TPSA) is 49.9 Å². The SMILES string of the molecule is Cc1ccccc1CN(C(=O)[C@H]1CCCCN1C(=O)OC(C)(C)C)C1CC1. The molecule has 0 bridgehead atoms. The Morgan fingerprint density at radius 3 is 2.48 bits per heavy atom. The largest absolute Gasteiger partial charge is 0.444 e. The van der Waals surface area contributed by atoms with Crippen LogP contribution in [-0.4, -0.2) is 46.0 Å². The molecular weight excluding hydrogens is 340 g/mol. The fraction of sp³-hybridized carbons (Fsp3) is 0.636. The van der Waals surface area contributed by atoms with Crippen molar-refractivity contribution < 1.29 is 14.3 Å². The Morgan fingerprint density at radius 1 is 1.15 bits per heavy atom. The summed E-state index contributed by atoms with van der Waals surface area (Å²) in [6.07, 6.45) is 4.35. The molecule has 5 nitrogen and oxygen atoms in total. The standard InChI is InChI=1S/C22H32N2O3/c1-16-9-5-6-10-17(16)15-24(18-12-13-18)20(25)19-11-7-8-14-23(19)21(26)27-22(2,3)4/h5-6,9-10,18-19H,7-8,11-15H2,1-4H3/t19-/m1/s1. The van der Waals surface area contributed by atoms with Crippen LogP contribution in [0, 0.1) is 6.92 Å². The summed E-state index contributed by atoms with van der Waals surface area (Å²) in [7, 11) is 0. The zero-order chi connectivity index (χ0) is 19.6. The fourth-order valence-corrected chi connectivity index (χ4v) is 3.66. The molecule has 27 heavy (non-hydrogen) atoms. The van der Waals surface area contributed by atoms with Crippen LogP contribution >= 0.6 is 0 Å². The number of likely N-dealkylation sites (tertiary alicyclic amines) is 1. The summed E-state index contributed by atoms with van der Waals surface area (Å²) in [6.45, 7) is 8.88. The van der Waals surface area contributed by atoms with E-state index in [-0.39, 0.29) is 12.0 Å². The molecular formula is C22H32N2O3. The van der Waals surface area contributed by atoms with Crippen molar-refractivity contribution in [2.24, 2.45) is 0 Å². The highest BCUT2D eigenvalue weighted by molar-refractivity contribution is 5.86. The minimum Gasteiger partial charge on any atom is -0.444 e. The molecule has 1 aliphatic heterocycles. The van der Waals surface area contributed by atoms with Gasteiger partial charge in [-0.2, -0.15) is 0 Å². The van der Waals surface area contributed by atoms with Gasteiger partial charge in [-0.05, 0) is 70.9 Å². The van der Waals surface area contributed by atoms with Crippen molar-refractivity contribution in [1.29, 1.82) is 0 Å². The summed E-state index contributed by atoms with van der Waals surface area (Å²) in [5.41, 5.74) is 1.82. The van der Waals surface area contributed by atoms with E-state index in [4.69, 9.17) is 4.74 Å². The third-order valence-corrected chi connectivity index (χ3v) is 5.29. The van der Waals surface area contributed by atoms with Crippen molar-refractivity contribution in [3.8, 4) is 0 Å². The van der Waals surface area contributed by atoms with Crippen molar-refractivity contribution in [1.82, 2.24) is 9.80 Å². The number of nitrogens with zero attached hydrogens (tertiary/aromatic N) is 2. The van der Waals surface area contributed by atoms with Crippen LogP contribution in [0.15, 0.2) is 24.3 Å². The van der Waals surface area contributed by atoms with Gasteiger partial charge in [-0.1, -0.05) is 24.3 Å². The Balaban J connectivity index is 1.77. The number of ether oxygens (including phenoxy) is 1. The highest BCUT2D eigenvalue weighted by atomic mass is 16.6. The first-order valence-electron chi connectivity index (χ1n) is 10.1. The van der Waals surface area contributed by atoms with Crippen LogP contribution in [0.2, 0.25) is 0 Å². The number of amides is 2. The van der Waals surface area contributed by atoms with Crippen molar-refractivity contribution in [2.45, 2.75) is 84.0 Å². The maximum atomic E-state index is 13.5. The van der Waals surface area contributed by atoms with Gasteiger partial charge in [-0.3, -0.25) is 9.69 Å². The van der Waals surface area contributed by atoms with Crippen LogP contribution in [0.5, 0.6) is 0 Å². The van der Waals surface area contributed by atoms with Gasteiger partial charge in [0.25, 0.3) is 0 Å². The molecule has 2 fully saturated rings. The number of benzene rings is 1. The number of hydrogen-bond donors (Lipinski definition) is 0. The summed E-state index contributed by atoms with van der Waals surface area (Å²) in [5.74, 6) is 0.0753. The molecule has 3 rings (SSSR count). The van der Waals surface area contributed by atoms with Gasteiger partial charge in [0, 0.05) is 19.1 Å². The predicted octanol–water partition coefficient (Wildman–Crippen LogP) is 4.28. The van der Waals surface area contributed by atoms with E-state index in [1.165, 1.54) is 11.1 Å². The van der Waals surface area contributed by atoms with E-state index >= 15 is 0 Å². The van der Waals surface area contributed by atoms with Crippen LogP contribution in [0.3, 0.4) is 0 Å². The first-order valence-corrected chi connectivity index (χ1v) is 10.1. The van der Waals surface area contributed by atoms with E-state index < -0.39 is 11.6 Å². The van der Waals surface area contributed by atoms with E-state index in [0.717, 1.165) is 32.1 Å². The lowest BCUT2D eigenvalue weighted by Gasteiger charge is -2.38. The molecule has 2 amide bonds. The second-order valence-electron chi connectivity index (χ2n) is 8.81. The number of aryl methyl sites for hydroxylation is 1. The molecule has 1 aromatic rings. The zero-order valence-corrected chi connectivity index (χ0v) is 17.0. The molecule has 0 aromatic heterocycles. The van der Waals surface area contributed by atoms with E-state index in [1.807, 2.05) is 37.8 Å². The normalized spacial score (nSPS) is 20.3. The Hall–Kier alpha value is -2.04. The van der Waals surface area contributed by atoms with Crippen LogP contribution in [0.4, 0.5) is 4.79 Å². The molecule has 5 heteroatoms. The van der Waals surface area contributed by atoms with E-state index in [2.05, 4.69) is 19.1 Å². The van der Waals surface area contributed by atoms with E-state index in [0.29, 0.717) is 19.1 Å². The number of carbonyl (C=O) groups is 2. The highest BCUT2D eigenvalue weighted by Crippen LogP contribution is 2.32. The quantitative estimate of drug-likeness (QED) is 0.793. The van der Waals surface area contributed by atoms with Gasteiger partial charge >= 0.3 is 6.09 Å². The lowest BCUT2D eigenvalue weighted by molar-refractivity contribution is -0.139. The van der Waals surface area contributed by atoms with Gasteiger partial charge in [0.2, 0.25) is 5.91 Å². The Bertz CT molecular complexity index is 691. The lowest BCUT2D eigenvalue weighted by Crippen LogP contribution is -2.54. The molecule has 2 aliphatic rings. The lowest BCUT2D eigenvalue weighted by atomic mass is 10.0. The Labute approximate surface area is 162 Å². The van der Waals surface area contributed by atoms with Crippen molar-refractivity contribution >= 4 is 12.0 Å². The summed E-state index contributed by atoms with van der Waals surface area (Å²) < 4.78 is 5.57. The summed E-state index contributed by atoms with van der Waals surface area (Å²) in [5, 5.41) is 0. The fourth-order valence-electron chi connectivity index (χ4n) is 3.66. The average molecular weight is 373 g/mol. The van der Waals surface area contributed by atoms with Gasteiger partial charge in [-0.15, -0.1) is 0 Å². The van der Waals surface area contributed by atoms with Crippen LogP contribution in [0.25, 0.3) is 0 Å². The Morgan fingerprint density at radius 2 is 1.85 bits per heavy atom. The third kappa shape index (κ3) is 5.02. The molecule has 0 unspecified atom stereocenters. The molecule has 1 aromatic carbocycles. The monoisotopic (exact) mass is 372 g/mol. The van der Waals surface area contributed by atoms with Gasteiger partial charge in [0.15, 0.2) is 0 Å². The van der Waals surface area contributed by atoms with Gasteiger partial charge in [0.05, 0.1) is 0 Å². The number of hydrogen-bond acceptors (Lipinski definition) is 3. The average Bonchev–Trinajstić information content (AvgIpc) is 3.44. The summed E-state index contributed by atoms with van der Waals surface area (Å²) in [4.78, 5) is 29.8. The molecule has 0 N–H and O–H groups in total. The second kappa shape index (κ2) is 7.91. The molecule has 1 saturated carbocycles. The molecule has 0 spiro atoms. The summed E-state index contributed by atoms with van der Waals surface area (Å²) >= 11 is 0. The smallest absolute Gasteiger partial charge is 0.410 e. The van der Waals surface area contributed by atoms with Crippen molar-refractivity contribution in [3.05, 3.63) is 35.4 Å².